The summed E-state index contributed by atoms with van der Waals surface area (Å²) >= 11 is 0. The predicted molar refractivity (Wildman–Crippen MR) is 52.8 cm³/mol. The molecule has 0 spiro atoms. The molecule has 0 saturated carbocycles. The minimum atomic E-state index is -0.359. The van der Waals surface area contributed by atoms with Crippen LogP contribution in [0.25, 0.3) is 11.5 Å². The molecule has 5 nitrogen and oxygen atoms in total. The highest BCUT2D eigenvalue weighted by atomic mass is 16.1. The van der Waals surface area contributed by atoms with Crippen molar-refractivity contribution < 1.29 is 0 Å². The van der Waals surface area contributed by atoms with Gasteiger partial charge in [0.1, 0.15) is 17.5 Å². The van der Waals surface area contributed by atoms with Gasteiger partial charge in [-0.15, -0.1) is 0 Å². The van der Waals surface area contributed by atoms with E-state index in [1.165, 1.54) is 0 Å². The van der Waals surface area contributed by atoms with Crippen LogP contribution in [0.5, 0.6) is 0 Å². The quantitative estimate of drug-likeness (QED) is 0.731. The molecule has 2 rings (SSSR count). The van der Waals surface area contributed by atoms with Gasteiger partial charge in [0.25, 0.3) is 5.56 Å². The van der Waals surface area contributed by atoms with Crippen LogP contribution in [-0.2, 0) is 0 Å². The van der Waals surface area contributed by atoms with Gasteiger partial charge in [-0.1, -0.05) is 6.07 Å². The van der Waals surface area contributed by atoms with Crippen LogP contribution in [0.15, 0.2) is 35.3 Å². The highest BCUT2D eigenvalue weighted by Crippen LogP contribution is 2.08. The third-order valence-electron chi connectivity index (χ3n) is 1.76. The topological polar surface area (TPSA) is 82.4 Å². The number of nitrogens with zero attached hydrogens (tertiary/aromatic N) is 3. The number of aromatic amines is 1. The van der Waals surface area contributed by atoms with Crippen LogP contribution >= 0.6 is 0 Å². The summed E-state index contributed by atoms with van der Waals surface area (Å²) in [4.78, 5) is 21.7. The van der Waals surface area contributed by atoms with Crippen molar-refractivity contribution in [3.8, 4) is 17.6 Å². The van der Waals surface area contributed by atoms with E-state index in [1.807, 2.05) is 6.07 Å². The fraction of sp³-hybridized carbons (Fsp3) is 0. The molecular formula is C10H6N4O. The molecule has 0 saturated heterocycles. The second kappa shape index (κ2) is 3.72. The Balaban J connectivity index is 2.60. The third kappa shape index (κ3) is 1.89. The second-order valence-electron chi connectivity index (χ2n) is 2.81. The first kappa shape index (κ1) is 9.09. The van der Waals surface area contributed by atoms with Gasteiger partial charge in [-0.2, -0.15) is 5.26 Å². The van der Waals surface area contributed by atoms with E-state index in [-0.39, 0.29) is 11.3 Å². The van der Waals surface area contributed by atoms with E-state index in [4.69, 9.17) is 5.26 Å². The first-order chi connectivity index (χ1) is 7.29. The Bertz CT molecular complexity index is 568. The number of nitriles is 1. The van der Waals surface area contributed by atoms with Crippen LogP contribution in [0.1, 0.15) is 5.69 Å². The van der Waals surface area contributed by atoms with E-state index in [0.717, 1.165) is 6.07 Å². The van der Waals surface area contributed by atoms with Gasteiger partial charge in [0.2, 0.25) is 0 Å². The largest absolute Gasteiger partial charge is 0.305 e. The van der Waals surface area contributed by atoms with Crippen LogP contribution in [0.4, 0.5) is 0 Å². The summed E-state index contributed by atoms with van der Waals surface area (Å²) in [6, 6.07) is 8.21. The number of H-pyrrole nitrogens is 1. The zero-order chi connectivity index (χ0) is 10.7. The van der Waals surface area contributed by atoms with E-state index in [2.05, 4.69) is 15.0 Å². The van der Waals surface area contributed by atoms with Crippen molar-refractivity contribution in [2.75, 3.05) is 0 Å². The van der Waals surface area contributed by atoms with Gasteiger partial charge in [-0.05, 0) is 12.1 Å². The molecule has 0 aliphatic heterocycles. The number of rotatable bonds is 1. The highest BCUT2D eigenvalue weighted by Gasteiger charge is 2.03. The molecule has 0 atom stereocenters. The van der Waals surface area contributed by atoms with Crippen molar-refractivity contribution in [3.05, 3.63) is 46.5 Å². The molecule has 0 aliphatic rings. The Labute approximate surface area is 85.1 Å². The summed E-state index contributed by atoms with van der Waals surface area (Å²) in [5, 5.41) is 8.65. The van der Waals surface area contributed by atoms with Crippen molar-refractivity contribution in [1.29, 1.82) is 5.26 Å². The Hall–Kier alpha value is -2.48. The minimum Gasteiger partial charge on any atom is -0.305 e. The summed E-state index contributed by atoms with van der Waals surface area (Å²) in [5.74, 6) is 0.305. The molecule has 0 amide bonds. The molecule has 5 heteroatoms. The van der Waals surface area contributed by atoms with Crippen molar-refractivity contribution in [2.24, 2.45) is 0 Å². The Morgan fingerprint density at radius 2 is 2.27 bits per heavy atom. The molecule has 0 unspecified atom stereocenters. The van der Waals surface area contributed by atoms with Crippen LogP contribution in [0, 0.1) is 11.3 Å². The monoisotopic (exact) mass is 198 g/mol. The van der Waals surface area contributed by atoms with Crippen molar-refractivity contribution in [3.63, 3.8) is 0 Å². The molecule has 15 heavy (non-hydrogen) atoms. The third-order valence-corrected chi connectivity index (χ3v) is 1.76. The Kier molecular flexibility index (Phi) is 2.25. The van der Waals surface area contributed by atoms with Gasteiger partial charge < -0.3 is 4.98 Å². The Morgan fingerprint density at radius 3 is 2.93 bits per heavy atom. The maximum atomic E-state index is 11.2. The normalized spacial score (nSPS) is 9.53. The van der Waals surface area contributed by atoms with E-state index in [0.29, 0.717) is 11.5 Å². The average molecular weight is 198 g/mol. The van der Waals surface area contributed by atoms with Gasteiger partial charge in [0.15, 0.2) is 5.82 Å². The standard InChI is InChI=1S/C10H6N4O/c11-6-7-5-9(15)14-10(13-7)8-3-1-2-4-12-8/h1-5H,(H,13,14,15). The molecule has 2 aromatic rings. The van der Waals surface area contributed by atoms with Gasteiger partial charge >= 0.3 is 0 Å². The van der Waals surface area contributed by atoms with Crippen molar-refractivity contribution in [2.45, 2.75) is 0 Å². The molecule has 72 valence electrons. The molecule has 2 heterocycles. The van der Waals surface area contributed by atoms with E-state index >= 15 is 0 Å². The zero-order valence-electron chi connectivity index (χ0n) is 7.64. The predicted octanol–water partition coefficient (Wildman–Crippen LogP) is 0.704. The lowest BCUT2D eigenvalue weighted by Crippen LogP contribution is -2.09. The van der Waals surface area contributed by atoms with E-state index < -0.39 is 0 Å². The first-order valence-electron chi connectivity index (χ1n) is 4.22. The highest BCUT2D eigenvalue weighted by molar-refractivity contribution is 5.48. The van der Waals surface area contributed by atoms with E-state index in [9.17, 15) is 4.79 Å². The lowest BCUT2D eigenvalue weighted by Gasteiger charge is -1.98. The maximum Gasteiger partial charge on any atom is 0.252 e. The van der Waals surface area contributed by atoms with Gasteiger partial charge in [-0.3, -0.25) is 9.78 Å². The van der Waals surface area contributed by atoms with Crippen LogP contribution < -0.4 is 5.56 Å². The smallest absolute Gasteiger partial charge is 0.252 e. The number of hydrogen-bond acceptors (Lipinski definition) is 4. The molecular weight excluding hydrogens is 192 g/mol. The number of aromatic nitrogens is 3. The summed E-state index contributed by atoms with van der Waals surface area (Å²) in [5.41, 5.74) is 0.258. The minimum absolute atomic E-state index is 0.0828. The molecule has 1 N–H and O–H groups in total. The zero-order valence-corrected chi connectivity index (χ0v) is 7.64. The summed E-state index contributed by atoms with van der Waals surface area (Å²) in [6.07, 6.45) is 1.59. The Morgan fingerprint density at radius 1 is 1.40 bits per heavy atom. The second-order valence-corrected chi connectivity index (χ2v) is 2.81. The van der Waals surface area contributed by atoms with Crippen LogP contribution in [0.2, 0.25) is 0 Å². The van der Waals surface area contributed by atoms with E-state index in [1.54, 1.807) is 24.4 Å². The fourth-order valence-corrected chi connectivity index (χ4v) is 1.14. The summed E-state index contributed by atoms with van der Waals surface area (Å²) in [7, 11) is 0. The lowest BCUT2D eigenvalue weighted by atomic mass is 10.3. The summed E-state index contributed by atoms with van der Waals surface area (Å²) in [6.45, 7) is 0. The van der Waals surface area contributed by atoms with Crippen LogP contribution in [-0.4, -0.2) is 15.0 Å². The van der Waals surface area contributed by atoms with Gasteiger partial charge in [0, 0.05) is 12.3 Å². The van der Waals surface area contributed by atoms with Crippen molar-refractivity contribution >= 4 is 0 Å². The number of pyridine rings is 1. The summed E-state index contributed by atoms with van der Waals surface area (Å²) < 4.78 is 0. The lowest BCUT2D eigenvalue weighted by molar-refractivity contribution is 1.08. The molecule has 0 aliphatic carbocycles. The molecule has 0 fully saturated rings. The van der Waals surface area contributed by atoms with Gasteiger partial charge in [0.05, 0.1) is 0 Å². The fourth-order valence-electron chi connectivity index (χ4n) is 1.14. The van der Waals surface area contributed by atoms with Gasteiger partial charge in [-0.25, -0.2) is 4.98 Å². The number of nitrogens with one attached hydrogen (secondary N) is 1. The average Bonchev–Trinajstić information content (AvgIpc) is 2.29. The molecule has 0 radical (unpaired) electrons. The SMILES string of the molecule is N#Cc1cc(=O)[nH]c(-c2ccccn2)n1. The maximum absolute atomic E-state index is 11.2. The molecule has 2 aromatic heterocycles. The number of hydrogen-bond donors (Lipinski definition) is 1. The first-order valence-corrected chi connectivity index (χ1v) is 4.22. The molecule has 0 aromatic carbocycles. The van der Waals surface area contributed by atoms with Crippen LogP contribution in [0.3, 0.4) is 0 Å². The van der Waals surface area contributed by atoms with Crippen molar-refractivity contribution in [1.82, 2.24) is 15.0 Å². The molecule has 0 bridgehead atoms.